The first-order valence-electron chi connectivity index (χ1n) is 10.8. The van der Waals surface area contributed by atoms with Crippen molar-refractivity contribution < 1.29 is 18.8 Å². The molecule has 0 spiro atoms. The molecule has 0 radical (unpaired) electrons. The van der Waals surface area contributed by atoms with Crippen LogP contribution in [-0.4, -0.2) is 23.8 Å². The molecule has 1 saturated carbocycles. The summed E-state index contributed by atoms with van der Waals surface area (Å²) in [6.45, 7) is 0. The minimum atomic E-state index is -0.708. The van der Waals surface area contributed by atoms with Crippen LogP contribution >= 0.6 is 27.3 Å². The van der Waals surface area contributed by atoms with Crippen LogP contribution < -0.4 is 16.4 Å². The first kappa shape index (κ1) is 22.7. The highest BCUT2D eigenvalue weighted by molar-refractivity contribution is 9.10. The van der Waals surface area contributed by atoms with E-state index in [0.29, 0.717) is 28.6 Å². The number of nitrogens with two attached hydrogens (primary N) is 1. The lowest BCUT2D eigenvalue weighted by atomic mass is 9.94. The molecule has 1 aromatic heterocycles. The second-order valence-electron chi connectivity index (χ2n) is 8.70. The van der Waals surface area contributed by atoms with Crippen LogP contribution in [0.4, 0.5) is 4.39 Å². The maximum atomic E-state index is 13.6. The molecule has 3 amide bonds. The lowest BCUT2D eigenvalue weighted by Crippen LogP contribution is -2.47. The standard InChI is InChI=1S/C25H21BrFN3O3S/c26-18-11-15(27)5-6-17(18)25(7-8-25)24(33)29-19-9-13-3-1-2-4-16(13)21(19)30-23(32)20-10-14(12-34-20)22(28)31/h1-6,10-12,19,21H,7-9H2,(H2,28,31)(H,29,33)(H,30,32)/t19-,21-/m1/s1. The summed E-state index contributed by atoms with van der Waals surface area (Å²) in [5.74, 6) is -1.42. The fourth-order valence-corrected chi connectivity index (χ4v) is 6.16. The van der Waals surface area contributed by atoms with Gasteiger partial charge in [-0.05, 0) is 54.2 Å². The van der Waals surface area contributed by atoms with Crippen LogP contribution in [0.5, 0.6) is 0 Å². The monoisotopic (exact) mass is 541 g/mol. The van der Waals surface area contributed by atoms with Crippen LogP contribution in [0, 0.1) is 5.82 Å². The van der Waals surface area contributed by atoms with E-state index in [0.717, 1.165) is 28.0 Å². The number of hydrogen-bond donors (Lipinski definition) is 3. The number of fused-ring (bicyclic) bond motifs is 1. The molecule has 0 bridgehead atoms. The second kappa shape index (κ2) is 8.63. The quantitative estimate of drug-likeness (QED) is 0.439. The van der Waals surface area contributed by atoms with E-state index < -0.39 is 17.4 Å². The highest BCUT2D eigenvalue weighted by Crippen LogP contribution is 2.51. The molecule has 2 aliphatic carbocycles. The van der Waals surface area contributed by atoms with E-state index >= 15 is 0 Å². The minimum absolute atomic E-state index is 0.135. The molecule has 1 heterocycles. The summed E-state index contributed by atoms with van der Waals surface area (Å²) in [5, 5.41) is 7.75. The van der Waals surface area contributed by atoms with Gasteiger partial charge in [0.2, 0.25) is 11.8 Å². The van der Waals surface area contributed by atoms with Crippen LogP contribution in [0.2, 0.25) is 0 Å². The van der Waals surface area contributed by atoms with E-state index in [2.05, 4.69) is 26.6 Å². The molecule has 174 valence electrons. The number of nitrogens with one attached hydrogen (secondary N) is 2. The van der Waals surface area contributed by atoms with E-state index in [4.69, 9.17) is 5.73 Å². The van der Waals surface area contributed by atoms with Gasteiger partial charge in [0.25, 0.3) is 5.91 Å². The molecule has 0 unspecified atom stereocenters. The van der Waals surface area contributed by atoms with Gasteiger partial charge >= 0.3 is 0 Å². The number of thiophene rings is 1. The Kier molecular flexibility index (Phi) is 5.77. The molecule has 2 aromatic carbocycles. The zero-order valence-electron chi connectivity index (χ0n) is 17.9. The van der Waals surface area contributed by atoms with Gasteiger partial charge in [-0.2, -0.15) is 0 Å². The Bertz CT molecular complexity index is 1320. The van der Waals surface area contributed by atoms with Crippen molar-refractivity contribution in [2.45, 2.75) is 36.8 Å². The van der Waals surface area contributed by atoms with Crippen molar-refractivity contribution in [2.75, 3.05) is 0 Å². The molecule has 1 fully saturated rings. The molecule has 5 rings (SSSR count). The Morgan fingerprint density at radius 2 is 1.85 bits per heavy atom. The van der Waals surface area contributed by atoms with Gasteiger partial charge < -0.3 is 16.4 Å². The molecule has 0 saturated heterocycles. The number of hydrogen-bond acceptors (Lipinski definition) is 4. The molecule has 6 nitrogen and oxygen atoms in total. The van der Waals surface area contributed by atoms with E-state index in [1.807, 2.05) is 24.3 Å². The Hall–Kier alpha value is -3.04. The molecule has 3 aromatic rings. The van der Waals surface area contributed by atoms with Crippen molar-refractivity contribution in [3.63, 3.8) is 0 Å². The topological polar surface area (TPSA) is 101 Å². The average molecular weight is 542 g/mol. The van der Waals surface area contributed by atoms with Crippen LogP contribution in [0.25, 0.3) is 0 Å². The first-order chi connectivity index (χ1) is 16.3. The highest BCUT2D eigenvalue weighted by Gasteiger charge is 2.53. The Morgan fingerprint density at radius 1 is 1.09 bits per heavy atom. The van der Waals surface area contributed by atoms with Crippen molar-refractivity contribution in [1.82, 2.24) is 10.6 Å². The van der Waals surface area contributed by atoms with Gasteiger partial charge in [0.1, 0.15) is 5.82 Å². The maximum absolute atomic E-state index is 13.6. The van der Waals surface area contributed by atoms with Crippen molar-refractivity contribution >= 4 is 45.0 Å². The SMILES string of the molecule is NC(=O)c1csc(C(=O)N[C@@H]2c3ccccc3C[C@H]2NC(=O)C2(c3ccc(F)cc3Br)CC2)c1. The number of primary amides is 1. The fraction of sp³-hybridized carbons (Fsp3) is 0.240. The lowest BCUT2D eigenvalue weighted by molar-refractivity contribution is -0.124. The van der Waals surface area contributed by atoms with Crippen molar-refractivity contribution in [2.24, 2.45) is 5.73 Å². The summed E-state index contributed by atoms with van der Waals surface area (Å²) in [6, 6.07) is 12.8. The largest absolute Gasteiger partial charge is 0.366 e. The van der Waals surface area contributed by atoms with Crippen LogP contribution in [0.1, 0.15) is 55.6 Å². The molecule has 2 aliphatic rings. The van der Waals surface area contributed by atoms with Crippen molar-refractivity contribution in [3.8, 4) is 0 Å². The van der Waals surface area contributed by atoms with Gasteiger partial charge in [-0.3, -0.25) is 14.4 Å². The summed E-state index contributed by atoms with van der Waals surface area (Å²) < 4.78 is 14.2. The molecule has 9 heteroatoms. The molecular weight excluding hydrogens is 521 g/mol. The van der Waals surface area contributed by atoms with Gasteiger partial charge in [-0.15, -0.1) is 11.3 Å². The number of amides is 3. The van der Waals surface area contributed by atoms with Gasteiger partial charge in [-0.25, -0.2) is 4.39 Å². The van der Waals surface area contributed by atoms with Crippen LogP contribution in [0.3, 0.4) is 0 Å². The number of carbonyl (C=O) groups is 3. The molecule has 2 atom stereocenters. The first-order valence-corrected chi connectivity index (χ1v) is 12.5. The predicted molar refractivity (Wildman–Crippen MR) is 130 cm³/mol. The normalized spacial score (nSPS) is 19.8. The Morgan fingerprint density at radius 3 is 2.53 bits per heavy atom. The summed E-state index contributed by atoms with van der Waals surface area (Å²) >= 11 is 4.55. The van der Waals surface area contributed by atoms with Gasteiger partial charge in [0.05, 0.1) is 27.9 Å². The van der Waals surface area contributed by atoms with Crippen molar-refractivity contribution in [3.05, 3.63) is 91.3 Å². The fourth-order valence-electron chi connectivity index (χ4n) is 4.63. The van der Waals surface area contributed by atoms with E-state index in [1.54, 1.807) is 11.4 Å². The molecular formula is C25H21BrFN3O3S. The zero-order chi connectivity index (χ0) is 24.0. The summed E-state index contributed by atoms with van der Waals surface area (Å²) in [5.41, 5.74) is 7.64. The van der Waals surface area contributed by atoms with Gasteiger partial charge in [0.15, 0.2) is 0 Å². The summed E-state index contributed by atoms with van der Waals surface area (Å²) in [4.78, 5) is 38.2. The lowest BCUT2D eigenvalue weighted by Gasteiger charge is -2.26. The number of halogens is 2. The number of rotatable bonds is 6. The Labute approximate surface area is 207 Å². The Balaban J connectivity index is 1.38. The van der Waals surface area contributed by atoms with Gasteiger partial charge in [0, 0.05) is 9.85 Å². The number of carbonyl (C=O) groups excluding carboxylic acids is 3. The third-order valence-electron chi connectivity index (χ3n) is 6.57. The van der Waals surface area contributed by atoms with E-state index in [9.17, 15) is 18.8 Å². The second-order valence-corrected chi connectivity index (χ2v) is 10.5. The van der Waals surface area contributed by atoms with E-state index in [1.165, 1.54) is 18.2 Å². The molecule has 4 N–H and O–H groups in total. The average Bonchev–Trinajstić information content (AvgIpc) is 3.31. The molecule has 34 heavy (non-hydrogen) atoms. The number of benzene rings is 2. The molecule has 0 aliphatic heterocycles. The third kappa shape index (κ3) is 4.03. The van der Waals surface area contributed by atoms with Crippen LogP contribution in [0.15, 0.2) is 58.4 Å². The minimum Gasteiger partial charge on any atom is -0.366 e. The van der Waals surface area contributed by atoms with Crippen LogP contribution in [-0.2, 0) is 16.6 Å². The summed E-state index contributed by atoms with van der Waals surface area (Å²) in [6.07, 6.45) is 1.92. The highest BCUT2D eigenvalue weighted by atomic mass is 79.9. The zero-order valence-corrected chi connectivity index (χ0v) is 20.3. The predicted octanol–water partition coefficient (Wildman–Crippen LogP) is 3.99. The van der Waals surface area contributed by atoms with E-state index in [-0.39, 0.29) is 29.2 Å². The maximum Gasteiger partial charge on any atom is 0.261 e. The summed E-state index contributed by atoms with van der Waals surface area (Å²) in [7, 11) is 0. The van der Waals surface area contributed by atoms with Gasteiger partial charge in [-0.1, -0.05) is 46.3 Å². The smallest absolute Gasteiger partial charge is 0.261 e. The third-order valence-corrected chi connectivity index (χ3v) is 8.16. The van der Waals surface area contributed by atoms with Crippen molar-refractivity contribution in [1.29, 1.82) is 0 Å².